The first-order chi connectivity index (χ1) is 16.8. The molecule has 2 aromatic rings. The van der Waals surface area contributed by atoms with E-state index in [1.54, 1.807) is 26.8 Å². The maximum atomic E-state index is 13.3. The van der Waals surface area contributed by atoms with Gasteiger partial charge in [0.25, 0.3) is 5.69 Å². The molecule has 2 aromatic carbocycles. The Bertz CT molecular complexity index is 1220. The monoisotopic (exact) mass is 527 g/mol. The number of piperazine rings is 1. The molecule has 0 radical (unpaired) electrons. The highest BCUT2D eigenvalue weighted by Crippen LogP contribution is 2.29. The average Bonchev–Trinajstić information content (AvgIpc) is 2.78. The second-order valence-corrected chi connectivity index (χ2v) is 11.1. The van der Waals surface area contributed by atoms with E-state index in [1.807, 2.05) is 0 Å². The van der Waals surface area contributed by atoms with Gasteiger partial charge >= 0.3 is 6.61 Å². The minimum absolute atomic E-state index is 0.00316. The van der Waals surface area contributed by atoms with Crippen molar-refractivity contribution in [2.24, 2.45) is 0 Å². The summed E-state index contributed by atoms with van der Waals surface area (Å²) in [7, 11) is -4.39. The van der Waals surface area contributed by atoms with Crippen molar-refractivity contribution >= 4 is 21.6 Å². The van der Waals surface area contributed by atoms with Gasteiger partial charge in [0.2, 0.25) is 15.9 Å². The highest BCUT2D eigenvalue weighted by atomic mass is 32.2. The summed E-state index contributed by atoms with van der Waals surface area (Å²) in [5.41, 5.74) is -0.693. The number of nitro benzene ring substituents is 1. The summed E-state index contributed by atoms with van der Waals surface area (Å²) in [6.45, 7) is 1.64. The van der Waals surface area contributed by atoms with Crippen molar-refractivity contribution in [3.8, 4) is 5.75 Å². The highest BCUT2D eigenvalue weighted by Gasteiger charge is 2.41. The van der Waals surface area contributed by atoms with Gasteiger partial charge in [-0.05, 0) is 44.5 Å². The number of halogens is 2. The Kier molecular flexibility index (Phi) is 8.26. The lowest BCUT2D eigenvalue weighted by molar-refractivity contribution is -0.387. The third kappa shape index (κ3) is 6.74. The molecule has 1 aliphatic rings. The van der Waals surface area contributed by atoms with Gasteiger partial charge in [0, 0.05) is 19.2 Å². The fraction of sp³-hybridized carbons (Fsp3) is 0.435. The van der Waals surface area contributed by atoms with Gasteiger partial charge < -0.3 is 14.4 Å². The largest absolute Gasteiger partial charge is 0.435 e. The Morgan fingerprint density at radius 3 is 2.50 bits per heavy atom. The number of rotatable bonds is 9. The van der Waals surface area contributed by atoms with Gasteiger partial charge in [-0.25, -0.2) is 8.42 Å². The second kappa shape index (κ2) is 10.8. The van der Waals surface area contributed by atoms with Crippen LogP contribution in [0.5, 0.6) is 5.75 Å². The minimum Gasteiger partial charge on any atom is -0.435 e. The number of hydrogen-bond acceptors (Lipinski definition) is 7. The number of nitrogens with zero attached hydrogens (tertiary/aromatic N) is 3. The van der Waals surface area contributed by atoms with Crippen LogP contribution >= 0.6 is 0 Å². The molecule has 0 unspecified atom stereocenters. The molecule has 1 aliphatic heterocycles. The van der Waals surface area contributed by atoms with Crippen LogP contribution in [0, 0.1) is 10.1 Å². The lowest BCUT2D eigenvalue weighted by Crippen LogP contribution is -2.59. The Hall–Kier alpha value is -3.16. The van der Waals surface area contributed by atoms with Gasteiger partial charge in [-0.15, -0.1) is 0 Å². The average molecular weight is 528 g/mol. The molecule has 10 nitrogen and oxygen atoms in total. The Morgan fingerprint density at radius 1 is 1.17 bits per heavy atom. The van der Waals surface area contributed by atoms with Gasteiger partial charge in [-0.2, -0.15) is 13.1 Å². The molecule has 0 saturated carbocycles. The number of alkyl halides is 2. The Balaban J connectivity index is 1.91. The molecule has 196 valence electrons. The van der Waals surface area contributed by atoms with Crippen molar-refractivity contribution in [1.29, 1.82) is 0 Å². The maximum Gasteiger partial charge on any atom is 0.387 e. The standard InChI is InChI=1S/C23H27F2N3O7S/c1-23(2,3)34-15-17-13-26(36(32,33)20-10-5-4-9-19(20)28(30)31)14-21(29)27(17)12-16-7-6-8-18(11-16)35-22(24)25/h4-11,17,22H,12-15H2,1-3H3/t17-/m1/s1. The van der Waals surface area contributed by atoms with Crippen LogP contribution in [-0.4, -0.2) is 66.4 Å². The van der Waals surface area contributed by atoms with E-state index in [1.165, 1.54) is 35.2 Å². The van der Waals surface area contributed by atoms with Crippen molar-refractivity contribution in [2.45, 2.75) is 50.5 Å². The number of ether oxygens (including phenoxy) is 2. The summed E-state index contributed by atoms with van der Waals surface area (Å²) >= 11 is 0. The highest BCUT2D eigenvalue weighted by molar-refractivity contribution is 7.89. The van der Waals surface area contributed by atoms with Gasteiger partial charge in [0.15, 0.2) is 4.90 Å². The van der Waals surface area contributed by atoms with Crippen LogP contribution in [0.1, 0.15) is 26.3 Å². The van der Waals surface area contributed by atoms with E-state index in [2.05, 4.69) is 4.74 Å². The zero-order valence-electron chi connectivity index (χ0n) is 20.0. The summed E-state index contributed by atoms with van der Waals surface area (Å²) in [5, 5.41) is 11.4. The predicted molar refractivity (Wildman–Crippen MR) is 125 cm³/mol. The Labute approximate surface area is 207 Å². The van der Waals surface area contributed by atoms with Gasteiger partial charge in [-0.1, -0.05) is 24.3 Å². The van der Waals surface area contributed by atoms with Crippen molar-refractivity contribution in [3.63, 3.8) is 0 Å². The number of nitro groups is 1. The number of sulfonamides is 1. The topological polar surface area (TPSA) is 119 Å². The number of para-hydroxylation sites is 1. The van der Waals surface area contributed by atoms with Gasteiger partial charge in [0.1, 0.15) is 5.75 Å². The molecule has 0 aliphatic carbocycles. The maximum absolute atomic E-state index is 13.3. The normalized spacial score (nSPS) is 17.4. The van der Waals surface area contributed by atoms with E-state index in [9.17, 15) is 32.1 Å². The fourth-order valence-electron chi connectivity index (χ4n) is 3.71. The first-order valence-electron chi connectivity index (χ1n) is 11.0. The van der Waals surface area contributed by atoms with E-state index in [4.69, 9.17) is 4.74 Å². The third-order valence-electron chi connectivity index (χ3n) is 5.35. The number of hydrogen-bond donors (Lipinski definition) is 0. The molecule has 36 heavy (non-hydrogen) atoms. The molecule has 0 spiro atoms. The van der Waals surface area contributed by atoms with Crippen LogP contribution in [-0.2, 0) is 26.1 Å². The molecule has 0 N–H and O–H groups in total. The molecular formula is C23H27F2N3O7S. The first kappa shape index (κ1) is 27.4. The number of benzene rings is 2. The van der Waals surface area contributed by atoms with Crippen LogP contribution in [0.4, 0.5) is 14.5 Å². The quantitative estimate of drug-likeness (QED) is 0.362. The lowest BCUT2D eigenvalue weighted by atomic mass is 10.1. The minimum atomic E-state index is -4.39. The zero-order valence-corrected chi connectivity index (χ0v) is 20.8. The predicted octanol–water partition coefficient (Wildman–Crippen LogP) is 3.41. The van der Waals surface area contributed by atoms with E-state index in [0.29, 0.717) is 5.56 Å². The lowest BCUT2D eigenvalue weighted by Gasteiger charge is -2.41. The van der Waals surface area contributed by atoms with Crippen molar-refractivity contribution in [3.05, 3.63) is 64.2 Å². The van der Waals surface area contributed by atoms with Crippen LogP contribution in [0.15, 0.2) is 53.4 Å². The van der Waals surface area contributed by atoms with Gasteiger partial charge in [0.05, 0.1) is 29.7 Å². The van der Waals surface area contributed by atoms with Gasteiger partial charge in [-0.3, -0.25) is 14.9 Å². The molecule has 0 bridgehead atoms. The molecule has 1 saturated heterocycles. The Morgan fingerprint density at radius 2 is 1.86 bits per heavy atom. The van der Waals surface area contributed by atoms with Crippen molar-refractivity contribution in [1.82, 2.24) is 9.21 Å². The van der Waals surface area contributed by atoms with Crippen LogP contribution in [0.2, 0.25) is 0 Å². The van der Waals surface area contributed by atoms with E-state index < -0.39 is 56.2 Å². The van der Waals surface area contributed by atoms with Crippen LogP contribution in [0.3, 0.4) is 0 Å². The summed E-state index contributed by atoms with van der Waals surface area (Å²) in [6.07, 6.45) is 0. The molecule has 13 heteroatoms. The molecular weight excluding hydrogens is 500 g/mol. The van der Waals surface area contributed by atoms with Crippen LogP contribution in [0.25, 0.3) is 0 Å². The summed E-state index contributed by atoms with van der Waals surface area (Å²) in [5.74, 6) is -0.638. The molecule has 1 amide bonds. The number of carbonyl (C=O) groups excluding carboxylic acids is 1. The van der Waals surface area contributed by atoms with Crippen LogP contribution < -0.4 is 4.74 Å². The molecule has 1 atom stereocenters. The van der Waals surface area contributed by atoms with Crippen molar-refractivity contribution < 1.29 is 36.4 Å². The summed E-state index contributed by atoms with van der Waals surface area (Å²) in [4.78, 5) is 24.7. The molecule has 1 fully saturated rings. The molecule has 1 heterocycles. The summed E-state index contributed by atoms with van der Waals surface area (Å²) in [6, 6.07) is 10.0. The van der Waals surface area contributed by atoms with Crippen molar-refractivity contribution in [2.75, 3.05) is 19.7 Å². The van der Waals surface area contributed by atoms with E-state index in [0.717, 1.165) is 16.4 Å². The van der Waals surface area contributed by atoms with E-state index in [-0.39, 0.29) is 25.4 Å². The SMILES string of the molecule is CC(C)(C)OC[C@H]1CN(S(=O)(=O)c2ccccc2[N+](=O)[O-])CC(=O)N1Cc1cccc(OC(F)F)c1. The third-order valence-corrected chi connectivity index (χ3v) is 7.21. The molecule has 0 aromatic heterocycles. The fourth-order valence-corrected chi connectivity index (χ4v) is 5.30. The molecule has 3 rings (SSSR count). The number of amides is 1. The smallest absolute Gasteiger partial charge is 0.387 e. The summed E-state index contributed by atoms with van der Waals surface area (Å²) < 4.78 is 63.1. The second-order valence-electron chi connectivity index (χ2n) is 9.15. The zero-order chi connectivity index (χ0) is 26.7. The number of carbonyl (C=O) groups is 1. The van der Waals surface area contributed by atoms with E-state index >= 15 is 0 Å². The first-order valence-corrected chi connectivity index (χ1v) is 12.4.